The maximum Gasteiger partial charge on any atom is 0.268 e. The molecule has 1 aliphatic heterocycles. The predicted molar refractivity (Wildman–Crippen MR) is 106 cm³/mol. The number of H-pyrrole nitrogens is 1. The molecule has 146 valence electrons. The van der Waals surface area contributed by atoms with Gasteiger partial charge < -0.3 is 19.8 Å². The molecule has 0 spiro atoms. The number of amides is 1. The molecule has 1 amide bonds. The summed E-state index contributed by atoms with van der Waals surface area (Å²) in [4.78, 5) is 18.8. The number of ether oxygens (including phenoxy) is 2. The van der Waals surface area contributed by atoms with Crippen molar-refractivity contribution in [2.45, 2.75) is 38.1 Å². The quantitative estimate of drug-likeness (QED) is 0.848. The molecule has 4 rings (SSSR count). The number of fused-ring (bicyclic) bond motifs is 1. The van der Waals surface area contributed by atoms with Crippen LogP contribution in [-0.2, 0) is 4.74 Å². The van der Waals surface area contributed by atoms with Gasteiger partial charge in [-0.3, -0.25) is 9.69 Å². The third kappa shape index (κ3) is 3.44. The number of aromatic nitrogens is 1. The topological polar surface area (TPSA) is 66.6 Å². The van der Waals surface area contributed by atoms with E-state index >= 15 is 0 Å². The maximum absolute atomic E-state index is 13.0. The lowest BCUT2D eigenvalue weighted by molar-refractivity contribution is -0.0199. The van der Waals surface area contributed by atoms with E-state index < -0.39 is 0 Å². The largest absolute Gasteiger partial charge is 0.497 e. The second-order valence-corrected chi connectivity index (χ2v) is 7.75. The number of hydrogen-bond donors (Lipinski definition) is 2. The number of benzene rings is 1. The highest BCUT2D eigenvalue weighted by molar-refractivity contribution is 6.01. The first kappa shape index (κ1) is 18.3. The van der Waals surface area contributed by atoms with Crippen LogP contribution in [0.4, 0.5) is 0 Å². The van der Waals surface area contributed by atoms with Crippen molar-refractivity contribution in [2.75, 3.05) is 40.0 Å². The van der Waals surface area contributed by atoms with E-state index in [1.54, 1.807) is 7.11 Å². The van der Waals surface area contributed by atoms with Crippen LogP contribution < -0.4 is 10.1 Å². The number of morpholine rings is 1. The standard InChI is InChI=1S/C21H29N3O3/c1-15-17-13-16(26-2)5-6-18(17)23-19(15)20(25)22-14-21(7-3-4-8-21)24-9-11-27-12-10-24/h5-6,13,23H,3-4,7-12,14H2,1-2H3,(H,22,25). The van der Waals surface area contributed by atoms with Crippen molar-refractivity contribution in [1.82, 2.24) is 15.2 Å². The molecule has 6 heteroatoms. The summed E-state index contributed by atoms with van der Waals surface area (Å²) >= 11 is 0. The number of aryl methyl sites for hydroxylation is 1. The van der Waals surface area contributed by atoms with Crippen molar-refractivity contribution in [3.8, 4) is 5.75 Å². The van der Waals surface area contributed by atoms with Crippen molar-refractivity contribution in [3.63, 3.8) is 0 Å². The second-order valence-electron chi connectivity index (χ2n) is 7.75. The van der Waals surface area contributed by atoms with Crippen LogP contribution in [0.25, 0.3) is 10.9 Å². The van der Waals surface area contributed by atoms with E-state index in [1.807, 2.05) is 25.1 Å². The normalized spacial score (nSPS) is 20.1. The smallest absolute Gasteiger partial charge is 0.268 e. The minimum Gasteiger partial charge on any atom is -0.497 e. The number of hydrogen-bond acceptors (Lipinski definition) is 4. The van der Waals surface area contributed by atoms with E-state index in [2.05, 4.69) is 15.2 Å². The summed E-state index contributed by atoms with van der Waals surface area (Å²) in [7, 11) is 1.66. The number of carbonyl (C=O) groups is 1. The van der Waals surface area contributed by atoms with Crippen LogP contribution in [0.2, 0.25) is 0 Å². The average molecular weight is 371 g/mol. The van der Waals surface area contributed by atoms with Gasteiger partial charge in [0, 0.05) is 36.1 Å². The average Bonchev–Trinajstić information content (AvgIpc) is 3.32. The first-order valence-electron chi connectivity index (χ1n) is 9.90. The van der Waals surface area contributed by atoms with Gasteiger partial charge in [0.2, 0.25) is 0 Å². The zero-order valence-electron chi connectivity index (χ0n) is 16.3. The molecule has 2 N–H and O–H groups in total. The van der Waals surface area contributed by atoms with Gasteiger partial charge in [0.15, 0.2) is 0 Å². The Morgan fingerprint density at radius 2 is 2.04 bits per heavy atom. The summed E-state index contributed by atoms with van der Waals surface area (Å²) in [5.41, 5.74) is 2.66. The van der Waals surface area contributed by atoms with Crippen LogP contribution in [0.3, 0.4) is 0 Å². The molecule has 2 aliphatic rings. The summed E-state index contributed by atoms with van der Waals surface area (Å²) in [6, 6.07) is 5.85. The second kappa shape index (κ2) is 7.52. The Labute approximate surface area is 160 Å². The Bertz CT molecular complexity index is 817. The Morgan fingerprint density at radius 3 is 2.74 bits per heavy atom. The molecule has 6 nitrogen and oxygen atoms in total. The fraction of sp³-hybridized carbons (Fsp3) is 0.571. The lowest BCUT2D eigenvalue weighted by Gasteiger charge is -2.43. The molecule has 1 saturated carbocycles. The van der Waals surface area contributed by atoms with Crippen molar-refractivity contribution >= 4 is 16.8 Å². The first-order valence-corrected chi connectivity index (χ1v) is 9.90. The van der Waals surface area contributed by atoms with Gasteiger partial charge in [-0.05, 0) is 43.5 Å². The van der Waals surface area contributed by atoms with Crippen molar-refractivity contribution in [1.29, 1.82) is 0 Å². The van der Waals surface area contributed by atoms with Gasteiger partial charge in [0.25, 0.3) is 5.91 Å². The Hall–Kier alpha value is -2.05. The molecule has 2 aromatic rings. The SMILES string of the molecule is COc1ccc2[nH]c(C(=O)NCC3(N4CCOCC4)CCCC3)c(C)c2c1. The Morgan fingerprint density at radius 1 is 1.30 bits per heavy atom. The van der Waals surface area contributed by atoms with E-state index in [4.69, 9.17) is 9.47 Å². The van der Waals surface area contributed by atoms with Crippen LogP contribution in [-0.4, -0.2) is 61.3 Å². The van der Waals surface area contributed by atoms with Crippen LogP contribution >= 0.6 is 0 Å². The molecule has 1 aliphatic carbocycles. The number of methoxy groups -OCH3 is 1. The van der Waals surface area contributed by atoms with Gasteiger partial charge in [-0.25, -0.2) is 0 Å². The molecule has 1 saturated heterocycles. The molecule has 0 radical (unpaired) electrons. The fourth-order valence-electron chi connectivity index (χ4n) is 4.67. The summed E-state index contributed by atoms with van der Waals surface area (Å²) < 4.78 is 10.8. The third-order valence-electron chi connectivity index (χ3n) is 6.29. The Kier molecular flexibility index (Phi) is 5.10. The summed E-state index contributed by atoms with van der Waals surface area (Å²) in [5.74, 6) is 0.774. The van der Waals surface area contributed by atoms with Crippen molar-refractivity contribution in [2.24, 2.45) is 0 Å². The zero-order chi connectivity index (χ0) is 18.9. The predicted octanol–water partition coefficient (Wildman–Crippen LogP) is 2.86. The zero-order valence-corrected chi connectivity index (χ0v) is 16.3. The lowest BCUT2D eigenvalue weighted by Crippen LogP contribution is -2.57. The molecule has 0 unspecified atom stereocenters. The summed E-state index contributed by atoms with van der Waals surface area (Å²) in [6.07, 6.45) is 4.77. The number of aromatic amines is 1. The molecular formula is C21H29N3O3. The Balaban J connectivity index is 1.51. The van der Waals surface area contributed by atoms with Gasteiger partial charge in [0.1, 0.15) is 11.4 Å². The van der Waals surface area contributed by atoms with Crippen LogP contribution in [0.15, 0.2) is 18.2 Å². The van der Waals surface area contributed by atoms with Gasteiger partial charge in [-0.2, -0.15) is 0 Å². The van der Waals surface area contributed by atoms with E-state index in [-0.39, 0.29) is 11.4 Å². The van der Waals surface area contributed by atoms with E-state index in [0.29, 0.717) is 12.2 Å². The van der Waals surface area contributed by atoms with Gasteiger partial charge >= 0.3 is 0 Å². The van der Waals surface area contributed by atoms with E-state index in [0.717, 1.165) is 61.4 Å². The van der Waals surface area contributed by atoms with Crippen LogP contribution in [0, 0.1) is 6.92 Å². The lowest BCUT2D eigenvalue weighted by atomic mass is 9.94. The minimum atomic E-state index is -0.0257. The highest BCUT2D eigenvalue weighted by Crippen LogP contribution is 2.35. The molecule has 2 heterocycles. The van der Waals surface area contributed by atoms with E-state index in [1.165, 1.54) is 12.8 Å². The first-order chi connectivity index (χ1) is 13.1. The summed E-state index contributed by atoms with van der Waals surface area (Å²) in [5, 5.41) is 4.26. The van der Waals surface area contributed by atoms with Gasteiger partial charge in [-0.15, -0.1) is 0 Å². The molecule has 1 aromatic carbocycles. The van der Waals surface area contributed by atoms with E-state index in [9.17, 15) is 4.79 Å². The highest BCUT2D eigenvalue weighted by Gasteiger charge is 2.40. The van der Waals surface area contributed by atoms with Crippen LogP contribution in [0.5, 0.6) is 5.75 Å². The molecule has 1 aromatic heterocycles. The minimum absolute atomic E-state index is 0.0257. The third-order valence-corrected chi connectivity index (χ3v) is 6.29. The maximum atomic E-state index is 13.0. The molecule has 27 heavy (non-hydrogen) atoms. The highest BCUT2D eigenvalue weighted by atomic mass is 16.5. The van der Waals surface area contributed by atoms with Gasteiger partial charge in [0.05, 0.1) is 20.3 Å². The van der Waals surface area contributed by atoms with Crippen molar-refractivity contribution in [3.05, 3.63) is 29.5 Å². The molecular weight excluding hydrogens is 342 g/mol. The monoisotopic (exact) mass is 371 g/mol. The number of nitrogens with zero attached hydrogens (tertiary/aromatic N) is 1. The number of nitrogens with one attached hydrogen (secondary N) is 2. The van der Waals surface area contributed by atoms with Crippen molar-refractivity contribution < 1.29 is 14.3 Å². The van der Waals surface area contributed by atoms with Crippen LogP contribution in [0.1, 0.15) is 41.7 Å². The number of rotatable bonds is 5. The van der Waals surface area contributed by atoms with Gasteiger partial charge in [-0.1, -0.05) is 12.8 Å². The fourth-order valence-corrected chi connectivity index (χ4v) is 4.67. The summed E-state index contributed by atoms with van der Waals surface area (Å²) in [6.45, 7) is 6.18. The molecule has 0 atom stereocenters. The molecule has 0 bridgehead atoms. The molecule has 2 fully saturated rings. The number of carbonyl (C=O) groups excluding carboxylic acids is 1.